The second kappa shape index (κ2) is 13.2. The van der Waals surface area contributed by atoms with Gasteiger partial charge in [0.05, 0.1) is 6.26 Å². The third-order valence-electron chi connectivity index (χ3n) is 10.3. The van der Waals surface area contributed by atoms with Gasteiger partial charge in [0.15, 0.2) is 0 Å². The Labute approximate surface area is 236 Å². The molecule has 6 rings (SSSR count). The number of nitrogens with one attached hydrogen (secondary N) is 1. The average molecular weight is 557 g/mol. The number of carboxylic acids is 2. The lowest BCUT2D eigenvalue weighted by atomic mass is 9.50. The summed E-state index contributed by atoms with van der Waals surface area (Å²) in [6, 6.07) is 0. The summed E-state index contributed by atoms with van der Waals surface area (Å²) in [6.45, 7) is 3.94. The van der Waals surface area contributed by atoms with Crippen LogP contribution in [0, 0.1) is 41.4 Å². The summed E-state index contributed by atoms with van der Waals surface area (Å²) in [4.78, 5) is 33.9. The first-order valence-electron chi connectivity index (χ1n) is 15.2. The molecule has 2 heterocycles. The first kappa shape index (κ1) is 28.7. The van der Waals surface area contributed by atoms with Crippen LogP contribution in [0.15, 0.2) is 36.1 Å². The molecule has 8 unspecified atom stereocenters. The maximum atomic E-state index is 12.9. The van der Waals surface area contributed by atoms with Gasteiger partial charge in [-0.05, 0) is 98.0 Å². The molecule has 1 amide bonds. The molecule has 9 nitrogen and oxygen atoms in total. The molecule has 2 aliphatic heterocycles. The van der Waals surface area contributed by atoms with Crippen LogP contribution in [0.1, 0.15) is 57.8 Å². The third kappa shape index (κ3) is 6.73. The number of ether oxygens (including phenoxy) is 2. The predicted molar refractivity (Wildman–Crippen MR) is 148 cm³/mol. The van der Waals surface area contributed by atoms with Gasteiger partial charge in [0, 0.05) is 38.3 Å². The fourth-order valence-electron chi connectivity index (χ4n) is 8.85. The maximum absolute atomic E-state index is 12.9. The number of amides is 1. The number of allylic oxidation sites excluding steroid dienone is 2. The molecule has 4 saturated carbocycles. The summed E-state index contributed by atoms with van der Waals surface area (Å²) < 4.78 is 11.9. The van der Waals surface area contributed by atoms with Gasteiger partial charge in [-0.2, -0.15) is 0 Å². The first-order valence-corrected chi connectivity index (χ1v) is 15.2. The van der Waals surface area contributed by atoms with E-state index in [1.807, 2.05) is 11.2 Å². The van der Waals surface area contributed by atoms with Gasteiger partial charge >= 0.3 is 18.0 Å². The number of rotatable bonds is 4. The van der Waals surface area contributed by atoms with Crippen molar-refractivity contribution in [3.8, 4) is 0 Å². The summed E-state index contributed by atoms with van der Waals surface area (Å²) in [5.74, 6) is 3.18. The second-order valence-corrected chi connectivity index (χ2v) is 12.4. The molecule has 0 aromatic heterocycles. The number of carbonyl (C=O) groups is 3. The van der Waals surface area contributed by atoms with Crippen LogP contribution in [0.4, 0.5) is 4.79 Å². The molecule has 0 bridgehead atoms. The molecule has 3 N–H and O–H groups in total. The van der Waals surface area contributed by atoms with E-state index in [0.29, 0.717) is 30.6 Å². The highest BCUT2D eigenvalue weighted by molar-refractivity contribution is 5.89. The molecule has 220 valence electrons. The summed E-state index contributed by atoms with van der Waals surface area (Å²) in [5, 5.41) is 18.9. The Morgan fingerprint density at radius 1 is 0.900 bits per heavy atom. The number of fused-ring (bicyclic) bond motifs is 5. The molecule has 40 heavy (non-hydrogen) atoms. The van der Waals surface area contributed by atoms with E-state index in [1.54, 1.807) is 0 Å². The molecular formula is C31H44N2O7. The molecule has 4 aliphatic carbocycles. The number of carbonyl (C=O) groups excluding carboxylic acids is 1. The van der Waals surface area contributed by atoms with E-state index < -0.39 is 11.9 Å². The van der Waals surface area contributed by atoms with Crippen LogP contribution in [-0.2, 0) is 19.1 Å². The number of carboxylic acid groups (broad SMARTS) is 2. The predicted octanol–water partition coefficient (Wildman–Crippen LogP) is 4.46. The highest BCUT2D eigenvalue weighted by Gasteiger charge is 2.53. The topological polar surface area (TPSA) is 125 Å². The van der Waals surface area contributed by atoms with Gasteiger partial charge < -0.3 is 29.9 Å². The Hall–Kier alpha value is -2.81. The maximum Gasteiger partial charge on any atom is 0.410 e. The standard InChI is InChI=1S/C27H40N2O3.C4H4O4/c30-27(29-12-10-28-11-13-29)32-21-15-19-7-8-23-22-5-1-3-18(22)6-9-24(23)26(19)25(16-21)20-4-2-14-31-17-20;5-3(6)1-2-4(7)8/h2,4,17-19,21-26,28H,1,3,5-16H2;1-2H,(H,5,6)(H,7,8)/b;2-1-. The molecule has 8 atom stereocenters. The number of hydrogen-bond donors (Lipinski definition) is 3. The van der Waals surface area contributed by atoms with E-state index >= 15 is 0 Å². The smallest absolute Gasteiger partial charge is 0.410 e. The summed E-state index contributed by atoms with van der Waals surface area (Å²) in [7, 11) is 0. The zero-order valence-electron chi connectivity index (χ0n) is 23.3. The minimum atomic E-state index is -1.26. The first-order chi connectivity index (χ1) is 19.4. The van der Waals surface area contributed by atoms with Crippen molar-refractivity contribution >= 4 is 18.0 Å². The van der Waals surface area contributed by atoms with Crippen LogP contribution in [-0.4, -0.2) is 72.0 Å². The lowest BCUT2D eigenvalue weighted by molar-refractivity contribution is -0.134. The third-order valence-corrected chi connectivity index (χ3v) is 10.3. The number of piperazine rings is 1. The van der Waals surface area contributed by atoms with Gasteiger partial charge in [0.2, 0.25) is 0 Å². The highest BCUT2D eigenvalue weighted by Crippen LogP contribution is 2.60. The van der Waals surface area contributed by atoms with E-state index in [0.717, 1.165) is 68.6 Å². The molecule has 6 aliphatic rings. The van der Waals surface area contributed by atoms with Crippen LogP contribution >= 0.6 is 0 Å². The molecule has 9 heteroatoms. The van der Waals surface area contributed by atoms with E-state index in [-0.39, 0.29) is 12.2 Å². The highest BCUT2D eigenvalue weighted by atomic mass is 16.6. The zero-order chi connectivity index (χ0) is 28.1. The molecule has 0 radical (unpaired) electrons. The summed E-state index contributed by atoms with van der Waals surface area (Å²) in [5.41, 5.74) is 1.35. The Balaban J connectivity index is 0.000000355. The molecule has 5 fully saturated rings. The fraction of sp³-hybridized carbons (Fsp3) is 0.710. The lowest BCUT2D eigenvalue weighted by Gasteiger charge is -2.55. The summed E-state index contributed by atoms with van der Waals surface area (Å²) >= 11 is 0. The van der Waals surface area contributed by atoms with Crippen molar-refractivity contribution in [2.24, 2.45) is 41.4 Å². The molecule has 1 saturated heterocycles. The number of nitrogens with zero attached hydrogens (tertiary/aromatic N) is 1. The van der Waals surface area contributed by atoms with E-state index in [4.69, 9.17) is 19.7 Å². The van der Waals surface area contributed by atoms with E-state index in [9.17, 15) is 14.4 Å². The van der Waals surface area contributed by atoms with Crippen LogP contribution in [0.5, 0.6) is 0 Å². The Kier molecular flexibility index (Phi) is 9.50. The lowest BCUT2D eigenvalue weighted by Crippen LogP contribution is -2.51. The van der Waals surface area contributed by atoms with Gasteiger partial charge in [-0.25, -0.2) is 14.4 Å². The minimum Gasteiger partial charge on any atom is -0.497 e. The van der Waals surface area contributed by atoms with Crippen LogP contribution in [0.2, 0.25) is 0 Å². The minimum absolute atomic E-state index is 0.0410. The van der Waals surface area contributed by atoms with Crippen LogP contribution < -0.4 is 5.32 Å². The van der Waals surface area contributed by atoms with Gasteiger partial charge in [-0.3, -0.25) is 0 Å². The van der Waals surface area contributed by atoms with Crippen molar-refractivity contribution in [1.29, 1.82) is 0 Å². The Morgan fingerprint density at radius 2 is 1.62 bits per heavy atom. The van der Waals surface area contributed by atoms with Crippen LogP contribution in [0.25, 0.3) is 0 Å². The summed E-state index contributed by atoms with van der Waals surface area (Å²) in [6.07, 6.45) is 19.6. The van der Waals surface area contributed by atoms with Gasteiger partial charge in [-0.1, -0.05) is 18.9 Å². The van der Waals surface area contributed by atoms with Crippen molar-refractivity contribution in [2.45, 2.75) is 63.9 Å². The fourth-order valence-corrected chi connectivity index (χ4v) is 8.85. The monoisotopic (exact) mass is 556 g/mol. The molecule has 0 aromatic carbocycles. The van der Waals surface area contributed by atoms with Gasteiger partial charge in [0.25, 0.3) is 0 Å². The molecule has 0 aromatic rings. The number of hydrogen-bond acceptors (Lipinski definition) is 6. The van der Waals surface area contributed by atoms with Crippen molar-refractivity contribution < 1.29 is 34.1 Å². The van der Waals surface area contributed by atoms with Gasteiger partial charge in [-0.15, -0.1) is 0 Å². The van der Waals surface area contributed by atoms with Gasteiger partial charge in [0.1, 0.15) is 12.7 Å². The van der Waals surface area contributed by atoms with Crippen molar-refractivity contribution in [3.05, 3.63) is 36.1 Å². The second-order valence-electron chi connectivity index (χ2n) is 12.4. The van der Waals surface area contributed by atoms with E-state index in [2.05, 4.69) is 17.5 Å². The SMILES string of the molecule is O=C(O)/C=C\C(=O)O.O=C(OC1CC2CCC3C4CCCC4CCC3C2C(C2=COCC=C2)C1)N1CCNCC1. The zero-order valence-corrected chi connectivity index (χ0v) is 23.3. The Bertz CT molecular complexity index is 1000. The molecular weight excluding hydrogens is 512 g/mol. The van der Waals surface area contributed by atoms with Crippen molar-refractivity contribution in [1.82, 2.24) is 10.2 Å². The Morgan fingerprint density at radius 3 is 2.33 bits per heavy atom. The van der Waals surface area contributed by atoms with Crippen LogP contribution in [0.3, 0.4) is 0 Å². The largest absolute Gasteiger partial charge is 0.497 e. The molecule has 0 spiro atoms. The average Bonchev–Trinajstić information content (AvgIpc) is 3.46. The van der Waals surface area contributed by atoms with Crippen molar-refractivity contribution in [3.63, 3.8) is 0 Å². The number of aliphatic carboxylic acids is 2. The quantitative estimate of drug-likeness (QED) is 0.434. The normalized spacial score (nSPS) is 36.6. The van der Waals surface area contributed by atoms with E-state index in [1.165, 1.54) is 50.5 Å². The van der Waals surface area contributed by atoms with Crippen molar-refractivity contribution in [2.75, 3.05) is 32.8 Å².